The third-order valence-electron chi connectivity index (χ3n) is 3.35. The predicted octanol–water partition coefficient (Wildman–Crippen LogP) is 1.31. The van der Waals surface area contributed by atoms with Crippen LogP contribution in [0.1, 0.15) is 33.6 Å². The minimum atomic E-state index is -0.261. The van der Waals surface area contributed by atoms with E-state index in [2.05, 4.69) is 0 Å². The summed E-state index contributed by atoms with van der Waals surface area (Å²) in [4.78, 5) is 25.6. The van der Waals surface area contributed by atoms with E-state index in [-0.39, 0.29) is 11.8 Å². The van der Waals surface area contributed by atoms with Crippen LogP contribution >= 0.6 is 0 Å². The number of benzene rings is 1. The summed E-state index contributed by atoms with van der Waals surface area (Å²) in [6, 6.07) is 4.80. The lowest BCUT2D eigenvalue weighted by Gasteiger charge is -2.13. The fourth-order valence-corrected chi connectivity index (χ4v) is 2.23. The van der Waals surface area contributed by atoms with Crippen LogP contribution in [-0.2, 0) is 9.47 Å². The highest BCUT2D eigenvalue weighted by atomic mass is 16.5. The zero-order valence-corrected chi connectivity index (χ0v) is 12.1. The van der Waals surface area contributed by atoms with Gasteiger partial charge in [-0.15, -0.1) is 0 Å². The molecule has 0 atom stereocenters. The van der Waals surface area contributed by atoms with Gasteiger partial charge in [0.05, 0.1) is 24.3 Å². The van der Waals surface area contributed by atoms with Gasteiger partial charge in [0.25, 0.3) is 11.8 Å². The lowest BCUT2D eigenvalue weighted by atomic mass is 10.1. The topological polar surface area (TPSA) is 81.9 Å². The number of unbranched alkanes of at least 4 members (excludes halogenated alkanes) is 1. The Morgan fingerprint density at radius 2 is 1.81 bits per heavy atom. The molecule has 2 amide bonds. The first kappa shape index (κ1) is 15.5. The van der Waals surface area contributed by atoms with Crippen LogP contribution in [0.25, 0.3) is 0 Å². The molecule has 6 heteroatoms. The molecule has 0 fully saturated rings. The number of rotatable bonds is 8. The minimum Gasteiger partial charge on any atom is -0.399 e. The van der Waals surface area contributed by atoms with Crippen LogP contribution in [0.4, 0.5) is 5.69 Å². The van der Waals surface area contributed by atoms with E-state index in [9.17, 15) is 9.59 Å². The summed E-state index contributed by atoms with van der Waals surface area (Å²) in [5.74, 6) is -0.502. The minimum absolute atomic E-state index is 0.240. The maximum Gasteiger partial charge on any atom is 0.261 e. The predicted molar refractivity (Wildman–Crippen MR) is 78.2 cm³/mol. The molecule has 0 saturated carbocycles. The van der Waals surface area contributed by atoms with Crippen LogP contribution in [0.15, 0.2) is 18.2 Å². The SMILES string of the molecule is COCCOCCCCN1C(=O)c2ccc(N)cc2C1=O. The van der Waals surface area contributed by atoms with Crippen molar-refractivity contribution >= 4 is 17.5 Å². The molecule has 0 saturated heterocycles. The summed E-state index contributed by atoms with van der Waals surface area (Å²) in [5, 5.41) is 0. The van der Waals surface area contributed by atoms with Gasteiger partial charge in [0.2, 0.25) is 0 Å². The van der Waals surface area contributed by atoms with Gasteiger partial charge >= 0.3 is 0 Å². The van der Waals surface area contributed by atoms with Gasteiger partial charge in [-0.05, 0) is 31.0 Å². The Morgan fingerprint density at radius 1 is 1.05 bits per heavy atom. The van der Waals surface area contributed by atoms with Gasteiger partial charge in [-0.25, -0.2) is 0 Å². The number of amides is 2. The molecule has 114 valence electrons. The monoisotopic (exact) mass is 292 g/mol. The highest BCUT2D eigenvalue weighted by Gasteiger charge is 2.34. The van der Waals surface area contributed by atoms with Crippen molar-refractivity contribution in [3.63, 3.8) is 0 Å². The summed E-state index contributed by atoms with van der Waals surface area (Å²) in [5.41, 5.74) is 6.98. The Bertz CT molecular complexity index is 530. The van der Waals surface area contributed by atoms with E-state index in [1.54, 1.807) is 25.3 Å². The first-order valence-corrected chi connectivity index (χ1v) is 6.97. The number of anilines is 1. The van der Waals surface area contributed by atoms with Crippen molar-refractivity contribution in [2.45, 2.75) is 12.8 Å². The van der Waals surface area contributed by atoms with Crippen LogP contribution in [0.2, 0.25) is 0 Å². The molecule has 0 spiro atoms. The van der Waals surface area contributed by atoms with Crippen LogP contribution in [0, 0.1) is 0 Å². The molecule has 2 N–H and O–H groups in total. The second kappa shape index (κ2) is 7.19. The lowest BCUT2D eigenvalue weighted by molar-refractivity contribution is 0.0606. The van der Waals surface area contributed by atoms with Crippen molar-refractivity contribution in [3.05, 3.63) is 29.3 Å². The molecule has 2 rings (SSSR count). The maximum absolute atomic E-state index is 12.2. The van der Waals surface area contributed by atoms with Crippen molar-refractivity contribution in [2.75, 3.05) is 39.2 Å². The van der Waals surface area contributed by atoms with Gasteiger partial charge in [-0.1, -0.05) is 0 Å². The van der Waals surface area contributed by atoms with Crippen LogP contribution in [0.5, 0.6) is 0 Å². The molecule has 0 bridgehead atoms. The molecule has 21 heavy (non-hydrogen) atoms. The standard InChI is InChI=1S/C15H20N2O4/c1-20-8-9-21-7-3-2-6-17-14(18)12-5-4-11(16)10-13(12)15(17)19/h4-5,10H,2-3,6-9,16H2,1H3. The average molecular weight is 292 g/mol. The highest BCUT2D eigenvalue weighted by molar-refractivity contribution is 6.21. The first-order valence-electron chi connectivity index (χ1n) is 6.97. The molecular formula is C15H20N2O4. The number of methoxy groups -OCH3 is 1. The van der Waals surface area contributed by atoms with Crippen molar-refractivity contribution in [2.24, 2.45) is 0 Å². The molecule has 6 nitrogen and oxygen atoms in total. The molecular weight excluding hydrogens is 272 g/mol. The highest BCUT2D eigenvalue weighted by Crippen LogP contribution is 2.24. The van der Waals surface area contributed by atoms with Gasteiger partial charge in [-0.3, -0.25) is 14.5 Å². The van der Waals surface area contributed by atoms with Crippen molar-refractivity contribution in [3.8, 4) is 0 Å². The zero-order valence-electron chi connectivity index (χ0n) is 12.1. The van der Waals surface area contributed by atoms with E-state index in [0.29, 0.717) is 49.6 Å². The largest absolute Gasteiger partial charge is 0.399 e. The third-order valence-corrected chi connectivity index (χ3v) is 3.35. The molecule has 1 aromatic carbocycles. The second-order valence-electron chi connectivity index (χ2n) is 4.88. The Hall–Kier alpha value is -1.92. The number of hydrogen-bond acceptors (Lipinski definition) is 5. The third kappa shape index (κ3) is 3.59. The molecule has 1 heterocycles. The van der Waals surface area contributed by atoms with E-state index < -0.39 is 0 Å². The molecule has 1 aromatic rings. The normalized spacial score (nSPS) is 13.9. The number of fused-ring (bicyclic) bond motifs is 1. The summed E-state index contributed by atoms with van der Waals surface area (Å²) < 4.78 is 10.2. The fraction of sp³-hybridized carbons (Fsp3) is 0.467. The molecule has 0 aliphatic carbocycles. The number of carbonyl (C=O) groups is 2. The quantitative estimate of drug-likeness (QED) is 0.444. The molecule has 1 aliphatic rings. The van der Waals surface area contributed by atoms with E-state index in [4.69, 9.17) is 15.2 Å². The summed E-state index contributed by atoms with van der Waals surface area (Å²) >= 11 is 0. The molecule has 1 aliphatic heterocycles. The number of nitrogen functional groups attached to an aromatic ring is 1. The van der Waals surface area contributed by atoms with Crippen LogP contribution < -0.4 is 5.73 Å². The van der Waals surface area contributed by atoms with Crippen molar-refractivity contribution in [1.82, 2.24) is 4.90 Å². The van der Waals surface area contributed by atoms with Crippen molar-refractivity contribution < 1.29 is 19.1 Å². The Morgan fingerprint density at radius 3 is 2.57 bits per heavy atom. The Balaban J connectivity index is 1.81. The van der Waals surface area contributed by atoms with E-state index in [0.717, 1.165) is 6.42 Å². The number of carbonyl (C=O) groups excluding carboxylic acids is 2. The number of nitrogens with zero attached hydrogens (tertiary/aromatic N) is 1. The Kier molecular flexibility index (Phi) is 5.30. The number of ether oxygens (including phenoxy) is 2. The lowest BCUT2D eigenvalue weighted by Crippen LogP contribution is -2.30. The van der Waals surface area contributed by atoms with E-state index in [1.807, 2.05) is 0 Å². The van der Waals surface area contributed by atoms with Gasteiger partial charge < -0.3 is 15.2 Å². The van der Waals surface area contributed by atoms with Crippen LogP contribution in [0.3, 0.4) is 0 Å². The van der Waals surface area contributed by atoms with Crippen molar-refractivity contribution in [1.29, 1.82) is 0 Å². The Labute approximate surface area is 123 Å². The van der Waals surface area contributed by atoms with Crippen LogP contribution in [-0.4, -0.2) is 50.2 Å². The number of hydrogen-bond donors (Lipinski definition) is 1. The van der Waals surface area contributed by atoms with E-state index >= 15 is 0 Å². The summed E-state index contributed by atoms with van der Waals surface area (Å²) in [7, 11) is 1.62. The average Bonchev–Trinajstić information content (AvgIpc) is 2.70. The number of nitrogens with two attached hydrogens (primary N) is 1. The van der Waals surface area contributed by atoms with E-state index in [1.165, 1.54) is 4.90 Å². The first-order chi connectivity index (χ1) is 10.1. The summed E-state index contributed by atoms with van der Waals surface area (Å²) in [6.07, 6.45) is 1.51. The zero-order chi connectivity index (χ0) is 15.2. The second-order valence-corrected chi connectivity index (χ2v) is 4.88. The number of imide groups is 1. The molecule has 0 radical (unpaired) electrons. The van der Waals surface area contributed by atoms with Gasteiger partial charge in [-0.2, -0.15) is 0 Å². The molecule has 0 aromatic heterocycles. The molecule has 0 unspecified atom stereocenters. The fourth-order valence-electron chi connectivity index (χ4n) is 2.23. The maximum atomic E-state index is 12.2. The summed E-state index contributed by atoms with van der Waals surface area (Å²) in [6.45, 7) is 2.13. The van der Waals surface area contributed by atoms with Gasteiger partial charge in [0.1, 0.15) is 0 Å². The van der Waals surface area contributed by atoms with Gasteiger partial charge in [0, 0.05) is 25.9 Å². The smallest absolute Gasteiger partial charge is 0.261 e. The van der Waals surface area contributed by atoms with Gasteiger partial charge in [0.15, 0.2) is 0 Å².